The number of fused-ring (bicyclic) bond motifs is 2. The second-order valence-electron chi connectivity index (χ2n) is 7.34. The summed E-state index contributed by atoms with van der Waals surface area (Å²) in [5.41, 5.74) is 2.83. The number of anilines is 2. The molecule has 3 aromatic heterocycles. The summed E-state index contributed by atoms with van der Waals surface area (Å²) in [6.45, 7) is 0.817. The minimum Gasteiger partial charge on any atom is -0.480 e. The predicted molar refractivity (Wildman–Crippen MR) is 121 cm³/mol. The zero-order valence-corrected chi connectivity index (χ0v) is 18.9. The van der Waals surface area contributed by atoms with Gasteiger partial charge in [0.1, 0.15) is 22.4 Å². The van der Waals surface area contributed by atoms with Crippen LogP contribution in [0.2, 0.25) is 0 Å². The molecule has 0 radical (unpaired) electrons. The Bertz CT molecular complexity index is 1220. The quantitative estimate of drug-likeness (QED) is 0.572. The lowest BCUT2D eigenvalue weighted by Gasteiger charge is -2.17. The van der Waals surface area contributed by atoms with E-state index in [4.69, 9.17) is 4.74 Å². The Labute approximate surface area is 188 Å². The first-order chi connectivity index (χ1) is 15.4. The molecule has 4 heterocycles. The molecule has 1 N–H and O–H groups in total. The molecule has 0 saturated heterocycles. The molecule has 2 amide bonds. The van der Waals surface area contributed by atoms with Crippen molar-refractivity contribution in [3.8, 4) is 5.88 Å². The number of hydrogen-bond donors (Lipinski definition) is 1. The van der Waals surface area contributed by atoms with Gasteiger partial charge in [-0.25, -0.2) is 19.9 Å². The summed E-state index contributed by atoms with van der Waals surface area (Å²) in [5.74, 6) is 0.523. The lowest BCUT2D eigenvalue weighted by Crippen LogP contribution is -2.32. The van der Waals surface area contributed by atoms with Crippen LogP contribution in [0.15, 0.2) is 17.4 Å². The maximum Gasteiger partial charge on any atom is 0.282 e. The van der Waals surface area contributed by atoms with Crippen LogP contribution in [0, 0.1) is 0 Å². The minimum absolute atomic E-state index is 0.0479. The van der Waals surface area contributed by atoms with Gasteiger partial charge in [-0.2, -0.15) is 0 Å². The van der Waals surface area contributed by atoms with Gasteiger partial charge in [0.05, 0.1) is 19.3 Å². The number of aliphatic imine (C=N–C) groups is 1. The number of carbonyl (C=O) groups excluding carboxylic acids is 2. The monoisotopic (exact) mass is 454 g/mol. The van der Waals surface area contributed by atoms with Crippen LogP contribution < -0.4 is 10.1 Å². The van der Waals surface area contributed by atoms with E-state index >= 15 is 0 Å². The minimum atomic E-state index is -0.279. The molecule has 4 rings (SSSR count). The van der Waals surface area contributed by atoms with Crippen LogP contribution in [0.1, 0.15) is 27.5 Å². The molecule has 1 aliphatic heterocycles. The number of amides is 2. The third-order valence-electron chi connectivity index (χ3n) is 4.90. The highest BCUT2D eigenvalue weighted by Crippen LogP contribution is 2.32. The highest BCUT2D eigenvalue weighted by Gasteiger charge is 2.21. The summed E-state index contributed by atoms with van der Waals surface area (Å²) in [6.07, 6.45) is 3.41. The Balaban J connectivity index is 1.58. The van der Waals surface area contributed by atoms with Gasteiger partial charge in [-0.15, -0.1) is 0 Å². The molecule has 3 aromatic rings. The van der Waals surface area contributed by atoms with Crippen molar-refractivity contribution in [3.63, 3.8) is 0 Å². The van der Waals surface area contributed by atoms with E-state index < -0.39 is 0 Å². The second kappa shape index (κ2) is 8.83. The zero-order valence-electron chi connectivity index (χ0n) is 18.1. The number of nitrogens with one attached hydrogen (secondary N) is 1. The van der Waals surface area contributed by atoms with Gasteiger partial charge in [0, 0.05) is 45.9 Å². The molecule has 1 aliphatic rings. The molecule has 32 heavy (non-hydrogen) atoms. The van der Waals surface area contributed by atoms with Gasteiger partial charge < -0.3 is 19.9 Å². The van der Waals surface area contributed by atoms with Crippen molar-refractivity contribution in [3.05, 3.63) is 28.7 Å². The zero-order chi connectivity index (χ0) is 22.8. The Hall–Kier alpha value is -3.67. The van der Waals surface area contributed by atoms with Crippen molar-refractivity contribution >= 4 is 51.2 Å². The number of methoxy groups -OCH3 is 1. The second-order valence-corrected chi connectivity index (χ2v) is 8.31. The first-order valence-corrected chi connectivity index (χ1v) is 10.6. The van der Waals surface area contributed by atoms with Crippen molar-refractivity contribution in [1.82, 2.24) is 29.7 Å². The molecule has 0 spiro atoms. The molecule has 12 heteroatoms. The van der Waals surface area contributed by atoms with Crippen LogP contribution in [0.5, 0.6) is 5.88 Å². The number of ether oxygens (including phenoxy) is 1. The number of pyridine rings is 1. The van der Waals surface area contributed by atoms with Gasteiger partial charge in [-0.3, -0.25) is 14.6 Å². The van der Waals surface area contributed by atoms with Crippen molar-refractivity contribution in [2.45, 2.75) is 13.0 Å². The number of rotatable bonds is 7. The first-order valence-electron chi connectivity index (χ1n) is 9.79. The van der Waals surface area contributed by atoms with Gasteiger partial charge in [-0.1, -0.05) is 11.3 Å². The Morgan fingerprint density at radius 3 is 2.78 bits per heavy atom. The smallest absolute Gasteiger partial charge is 0.282 e. The average molecular weight is 455 g/mol. The fourth-order valence-corrected chi connectivity index (χ4v) is 3.98. The van der Waals surface area contributed by atoms with Crippen LogP contribution >= 0.6 is 11.3 Å². The van der Waals surface area contributed by atoms with E-state index in [0.29, 0.717) is 40.8 Å². The molecule has 0 fully saturated rings. The van der Waals surface area contributed by atoms with Crippen LogP contribution in [-0.2, 0) is 11.3 Å². The van der Waals surface area contributed by atoms with Crippen LogP contribution in [0.3, 0.4) is 0 Å². The van der Waals surface area contributed by atoms with Crippen molar-refractivity contribution in [1.29, 1.82) is 0 Å². The molecule has 0 aromatic carbocycles. The largest absolute Gasteiger partial charge is 0.480 e. The topological polar surface area (TPSA) is 126 Å². The van der Waals surface area contributed by atoms with E-state index in [0.717, 1.165) is 11.3 Å². The molecule has 166 valence electrons. The summed E-state index contributed by atoms with van der Waals surface area (Å²) in [7, 11) is 6.55. The number of thiazole rings is 1. The van der Waals surface area contributed by atoms with Crippen LogP contribution in [0.4, 0.5) is 11.5 Å². The van der Waals surface area contributed by atoms with E-state index in [1.54, 1.807) is 34.5 Å². The van der Waals surface area contributed by atoms with Crippen molar-refractivity contribution < 1.29 is 14.3 Å². The van der Waals surface area contributed by atoms with Gasteiger partial charge in [0.15, 0.2) is 10.8 Å². The Morgan fingerprint density at radius 1 is 1.22 bits per heavy atom. The molecule has 0 atom stereocenters. The van der Waals surface area contributed by atoms with Crippen molar-refractivity contribution in [2.24, 2.45) is 4.99 Å². The fourth-order valence-electron chi connectivity index (χ4n) is 3.08. The summed E-state index contributed by atoms with van der Waals surface area (Å²) >= 11 is 1.17. The lowest BCUT2D eigenvalue weighted by atomic mass is 10.2. The first kappa shape index (κ1) is 21.6. The van der Waals surface area contributed by atoms with E-state index in [9.17, 15) is 9.59 Å². The highest BCUT2D eigenvalue weighted by molar-refractivity contribution is 7.19. The molecule has 11 nitrogen and oxygen atoms in total. The maximum atomic E-state index is 12.8. The lowest BCUT2D eigenvalue weighted by molar-refractivity contribution is -0.128. The molecule has 0 unspecified atom stereocenters. The third-order valence-corrected chi connectivity index (χ3v) is 5.85. The SMILES string of the molecule is COc1nc2c(cc1Nc1ncnc3sc(C(=O)N(C)CCC(=O)N(C)C)nc13)C=NC2. The van der Waals surface area contributed by atoms with E-state index in [1.165, 1.54) is 27.5 Å². The van der Waals surface area contributed by atoms with Gasteiger partial charge in [0.25, 0.3) is 5.91 Å². The molecule has 0 saturated carbocycles. The summed E-state index contributed by atoms with van der Waals surface area (Å²) in [4.78, 5) is 49.9. The molecular weight excluding hydrogens is 432 g/mol. The Kier molecular flexibility index (Phi) is 5.95. The van der Waals surface area contributed by atoms with Gasteiger partial charge in [0.2, 0.25) is 11.8 Å². The van der Waals surface area contributed by atoms with Crippen molar-refractivity contribution in [2.75, 3.05) is 40.1 Å². The normalized spacial score (nSPS) is 12.0. The van der Waals surface area contributed by atoms with Gasteiger partial charge >= 0.3 is 0 Å². The van der Waals surface area contributed by atoms with Crippen LogP contribution in [0.25, 0.3) is 10.3 Å². The van der Waals surface area contributed by atoms with E-state index in [-0.39, 0.29) is 23.2 Å². The van der Waals surface area contributed by atoms with E-state index in [1.807, 2.05) is 6.07 Å². The summed E-state index contributed by atoms with van der Waals surface area (Å²) < 4.78 is 5.41. The molecule has 0 aliphatic carbocycles. The summed E-state index contributed by atoms with van der Waals surface area (Å²) in [6, 6.07) is 1.89. The predicted octanol–water partition coefficient (Wildman–Crippen LogP) is 1.72. The number of nitrogens with zero attached hydrogens (tertiary/aromatic N) is 7. The standard InChI is InChI=1S/C20H22N8O3S/c1-27(2)14(29)5-6-28(3)20(30)19-26-15-16(22-10-23-18(15)32-19)24-12-7-11-8-21-9-13(11)25-17(12)31-4/h7-8,10H,5-6,9H2,1-4H3,(H,22,23,24). The fraction of sp³-hybridized carbons (Fsp3) is 0.350. The molecule has 0 bridgehead atoms. The number of aromatic nitrogens is 4. The molecular formula is C20H22N8O3S. The number of hydrogen-bond acceptors (Lipinski definition) is 10. The van der Waals surface area contributed by atoms with Gasteiger partial charge in [-0.05, 0) is 6.07 Å². The summed E-state index contributed by atoms with van der Waals surface area (Å²) in [5, 5.41) is 3.47. The average Bonchev–Trinajstić information content (AvgIpc) is 3.42. The van der Waals surface area contributed by atoms with E-state index in [2.05, 4.69) is 30.2 Å². The number of carbonyl (C=O) groups is 2. The maximum absolute atomic E-state index is 12.8. The highest BCUT2D eigenvalue weighted by atomic mass is 32.1. The Morgan fingerprint density at radius 2 is 2.03 bits per heavy atom. The third kappa shape index (κ3) is 4.21. The van der Waals surface area contributed by atoms with Crippen LogP contribution in [-0.4, -0.2) is 82.6 Å².